The van der Waals surface area contributed by atoms with E-state index in [0.29, 0.717) is 23.6 Å². The first-order valence-electron chi connectivity index (χ1n) is 8.82. The molecule has 26 heavy (non-hydrogen) atoms. The van der Waals surface area contributed by atoms with E-state index in [0.717, 1.165) is 24.9 Å². The van der Waals surface area contributed by atoms with Crippen molar-refractivity contribution in [1.29, 1.82) is 0 Å². The van der Waals surface area contributed by atoms with Gasteiger partial charge in [-0.15, -0.1) is 0 Å². The highest BCUT2D eigenvalue weighted by atomic mass is 16.2. The van der Waals surface area contributed by atoms with Crippen molar-refractivity contribution < 1.29 is 4.79 Å². The minimum Gasteiger partial charge on any atom is -0.334 e. The summed E-state index contributed by atoms with van der Waals surface area (Å²) in [6.45, 7) is 3.25. The molecular formula is C21H20N4O. The maximum Gasteiger partial charge on any atom is 0.257 e. The summed E-state index contributed by atoms with van der Waals surface area (Å²) in [6, 6.07) is 12.1. The number of aryl methyl sites for hydroxylation is 2. The quantitative estimate of drug-likeness (QED) is 0.714. The topological polar surface area (TPSA) is 59.0 Å². The van der Waals surface area contributed by atoms with Crippen molar-refractivity contribution >= 4 is 5.91 Å². The lowest BCUT2D eigenvalue weighted by atomic mass is 10.0. The van der Waals surface area contributed by atoms with E-state index in [2.05, 4.69) is 33.2 Å². The molecule has 0 bridgehead atoms. The SMILES string of the molecule is Cc1nc(-c2cccnc2)ncc1C(=O)N1CCCc2ccccc2C1. The molecule has 3 heterocycles. The average Bonchev–Trinajstić information content (AvgIpc) is 2.90. The van der Waals surface area contributed by atoms with Crippen molar-refractivity contribution in [2.45, 2.75) is 26.3 Å². The Labute approximate surface area is 152 Å². The number of hydrogen-bond acceptors (Lipinski definition) is 4. The molecule has 0 aliphatic carbocycles. The molecule has 0 radical (unpaired) electrons. The minimum absolute atomic E-state index is 0.00283. The number of carbonyl (C=O) groups is 1. The van der Waals surface area contributed by atoms with E-state index >= 15 is 0 Å². The van der Waals surface area contributed by atoms with Gasteiger partial charge < -0.3 is 4.90 Å². The Hall–Kier alpha value is -3.08. The summed E-state index contributed by atoms with van der Waals surface area (Å²) < 4.78 is 0. The first kappa shape index (κ1) is 16.4. The van der Waals surface area contributed by atoms with Crippen LogP contribution in [0.3, 0.4) is 0 Å². The van der Waals surface area contributed by atoms with Gasteiger partial charge in [0.1, 0.15) is 0 Å². The molecule has 0 saturated heterocycles. The van der Waals surface area contributed by atoms with Crippen LogP contribution >= 0.6 is 0 Å². The maximum absolute atomic E-state index is 13.1. The number of hydrogen-bond donors (Lipinski definition) is 0. The molecule has 0 N–H and O–H groups in total. The van der Waals surface area contributed by atoms with Gasteiger partial charge in [0.25, 0.3) is 5.91 Å². The van der Waals surface area contributed by atoms with Crippen molar-refractivity contribution in [2.75, 3.05) is 6.54 Å². The summed E-state index contributed by atoms with van der Waals surface area (Å²) in [5, 5.41) is 0. The zero-order valence-corrected chi connectivity index (χ0v) is 14.7. The fraction of sp³-hybridized carbons (Fsp3) is 0.238. The molecular weight excluding hydrogens is 324 g/mol. The average molecular weight is 344 g/mol. The van der Waals surface area contributed by atoms with E-state index in [-0.39, 0.29) is 5.91 Å². The molecule has 4 rings (SSSR count). The van der Waals surface area contributed by atoms with Crippen molar-refractivity contribution in [1.82, 2.24) is 19.9 Å². The number of amides is 1. The van der Waals surface area contributed by atoms with Crippen LogP contribution in [0.1, 0.15) is 33.6 Å². The second-order valence-electron chi connectivity index (χ2n) is 6.53. The first-order valence-corrected chi connectivity index (χ1v) is 8.82. The number of rotatable bonds is 2. The molecule has 2 aromatic heterocycles. The van der Waals surface area contributed by atoms with Gasteiger partial charge in [0.2, 0.25) is 0 Å². The molecule has 0 atom stereocenters. The third kappa shape index (κ3) is 3.20. The van der Waals surface area contributed by atoms with Gasteiger partial charge in [0.05, 0.1) is 11.3 Å². The smallest absolute Gasteiger partial charge is 0.257 e. The molecule has 1 aromatic carbocycles. The van der Waals surface area contributed by atoms with Gasteiger partial charge >= 0.3 is 0 Å². The molecule has 0 fully saturated rings. The van der Waals surface area contributed by atoms with E-state index in [1.54, 1.807) is 18.6 Å². The first-order chi connectivity index (χ1) is 12.7. The van der Waals surface area contributed by atoms with Gasteiger partial charge in [-0.3, -0.25) is 9.78 Å². The maximum atomic E-state index is 13.1. The van der Waals surface area contributed by atoms with E-state index in [9.17, 15) is 4.79 Å². The zero-order chi connectivity index (χ0) is 17.9. The van der Waals surface area contributed by atoms with E-state index in [4.69, 9.17) is 0 Å². The lowest BCUT2D eigenvalue weighted by Gasteiger charge is -2.21. The number of fused-ring (bicyclic) bond motifs is 1. The van der Waals surface area contributed by atoms with Gasteiger partial charge in [-0.1, -0.05) is 24.3 Å². The van der Waals surface area contributed by atoms with E-state index in [1.807, 2.05) is 30.0 Å². The molecule has 3 aromatic rings. The summed E-state index contributed by atoms with van der Waals surface area (Å²) in [6.07, 6.45) is 7.06. The van der Waals surface area contributed by atoms with Crippen molar-refractivity contribution in [2.24, 2.45) is 0 Å². The second kappa shape index (κ2) is 7.04. The molecule has 0 unspecified atom stereocenters. The van der Waals surface area contributed by atoms with Crippen LogP contribution in [0.4, 0.5) is 0 Å². The predicted molar refractivity (Wildman–Crippen MR) is 99.5 cm³/mol. The van der Waals surface area contributed by atoms with Crippen molar-refractivity contribution in [3.8, 4) is 11.4 Å². The largest absolute Gasteiger partial charge is 0.334 e. The van der Waals surface area contributed by atoms with Crippen molar-refractivity contribution in [3.63, 3.8) is 0 Å². The summed E-state index contributed by atoms with van der Waals surface area (Å²) >= 11 is 0. The lowest BCUT2D eigenvalue weighted by Crippen LogP contribution is -2.31. The monoisotopic (exact) mass is 344 g/mol. The highest BCUT2D eigenvalue weighted by Gasteiger charge is 2.22. The Morgan fingerprint density at radius 1 is 1.08 bits per heavy atom. The Morgan fingerprint density at radius 2 is 1.92 bits per heavy atom. The lowest BCUT2D eigenvalue weighted by molar-refractivity contribution is 0.0744. The van der Waals surface area contributed by atoms with Crippen LogP contribution in [0.25, 0.3) is 11.4 Å². The van der Waals surface area contributed by atoms with Crippen LogP contribution in [-0.2, 0) is 13.0 Å². The highest BCUT2D eigenvalue weighted by molar-refractivity contribution is 5.95. The third-order valence-corrected chi connectivity index (χ3v) is 4.77. The number of aromatic nitrogens is 3. The number of carbonyl (C=O) groups excluding carboxylic acids is 1. The standard InChI is InChI=1S/C21H20N4O/c1-15-19(13-23-20(24-15)17-8-4-10-22-12-17)21(26)25-11-5-9-16-6-2-3-7-18(16)14-25/h2-4,6-8,10,12-13H,5,9,11,14H2,1H3. The van der Waals surface area contributed by atoms with E-state index in [1.165, 1.54) is 11.1 Å². The molecule has 1 amide bonds. The Bertz CT molecular complexity index is 940. The fourth-order valence-corrected chi connectivity index (χ4v) is 3.36. The van der Waals surface area contributed by atoms with Gasteiger partial charge in [-0.05, 0) is 43.0 Å². The zero-order valence-electron chi connectivity index (χ0n) is 14.7. The summed E-state index contributed by atoms with van der Waals surface area (Å²) in [5.41, 5.74) is 4.67. The van der Waals surface area contributed by atoms with Gasteiger partial charge in [-0.2, -0.15) is 0 Å². The van der Waals surface area contributed by atoms with Gasteiger partial charge in [0, 0.05) is 37.2 Å². The number of nitrogens with zero attached hydrogens (tertiary/aromatic N) is 4. The minimum atomic E-state index is -0.00283. The third-order valence-electron chi connectivity index (χ3n) is 4.77. The van der Waals surface area contributed by atoms with Crippen LogP contribution in [-0.4, -0.2) is 32.3 Å². The summed E-state index contributed by atoms with van der Waals surface area (Å²) in [7, 11) is 0. The molecule has 0 saturated carbocycles. The summed E-state index contributed by atoms with van der Waals surface area (Å²) in [4.78, 5) is 28.0. The van der Waals surface area contributed by atoms with Gasteiger partial charge in [-0.25, -0.2) is 9.97 Å². The molecule has 1 aliphatic heterocycles. The molecule has 5 nitrogen and oxygen atoms in total. The van der Waals surface area contributed by atoms with Crippen LogP contribution < -0.4 is 0 Å². The normalized spacial score (nSPS) is 13.8. The van der Waals surface area contributed by atoms with Crippen molar-refractivity contribution in [3.05, 3.63) is 77.4 Å². The van der Waals surface area contributed by atoms with E-state index < -0.39 is 0 Å². The molecule has 130 valence electrons. The summed E-state index contributed by atoms with van der Waals surface area (Å²) in [5.74, 6) is 0.588. The fourth-order valence-electron chi connectivity index (χ4n) is 3.36. The number of pyridine rings is 1. The Kier molecular flexibility index (Phi) is 4.44. The van der Waals surface area contributed by atoms with Crippen LogP contribution in [0.15, 0.2) is 55.0 Å². The van der Waals surface area contributed by atoms with Crippen LogP contribution in [0.2, 0.25) is 0 Å². The predicted octanol–water partition coefficient (Wildman–Crippen LogP) is 3.44. The van der Waals surface area contributed by atoms with Gasteiger partial charge in [0.15, 0.2) is 5.82 Å². The Balaban J connectivity index is 1.60. The number of benzene rings is 1. The highest BCUT2D eigenvalue weighted by Crippen LogP contribution is 2.21. The molecule has 1 aliphatic rings. The van der Waals surface area contributed by atoms with Crippen LogP contribution in [0, 0.1) is 6.92 Å². The molecule has 5 heteroatoms. The Morgan fingerprint density at radius 3 is 2.69 bits per heavy atom. The van der Waals surface area contributed by atoms with Crippen LogP contribution in [0.5, 0.6) is 0 Å². The second-order valence-corrected chi connectivity index (χ2v) is 6.53. The molecule has 0 spiro atoms.